The number of amides is 1. The third-order valence-electron chi connectivity index (χ3n) is 4.68. The monoisotopic (exact) mass is 355 g/mol. The molecule has 3 aromatic rings. The number of rotatable bonds is 3. The molecular formula is C17H18FN7O. The molecule has 0 radical (unpaired) electrons. The average molecular weight is 355 g/mol. The van der Waals surface area contributed by atoms with Gasteiger partial charge in [0.1, 0.15) is 0 Å². The first-order valence-electron chi connectivity index (χ1n) is 8.19. The van der Waals surface area contributed by atoms with Crippen LogP contribution >= 0.6 is 0 Å². The van der Waals surface area contributed by atoms with E-state index in [1.807, 2.05) is 18.9 Å². The summed E-state index contributed by atoms with van der Waals surface area (Å²) in [4.78, 5) is 22.3. The number of halogens is 1. The summed E-state index contributed by atoms with van der Waals surface area (Å²) in [6.07, 6.45) is 2.25. The van der Waals surface area contributed by atoms with Gasteiger partial charge in [-0.25, -0.2) is 14.4 Å². The van der Waals surface area contributed by atoms with Crippen LogP contribution in [-0.2, 0) is 7.05 Å². The summed E-state index contributed by atoms with van der Waals surface area (Å²) >= 11 is 0. The van der Waals surface area contributed by atoms with Crippen molar-refractivity contribution < 1.29 is 9.18 Å². The minimum Gasteiger partial charge on any atom is -0.397 e. The van der Waals surface area contributed by atoms with Gasteiger partial charge in [-0.15, -0.1) is 0 Å². The number of nitrogens with one attached hydrogen (secondary N) is 1. The Bertz CT molecular complexity index is 993. The number of carbonyl (C=O) groups is 1. The molecule has 9 heteroatoms. The molecule has 3 N–H and O–H groups in total. The van der Waals surface area contributed by atoms with E-state index < -0.39 is 5.82 Å². The zero-order chi connectivity index (χ0) is 18.4. The highest BCUT2D eigenvalue weighted by molar-refractivity contribution is 6.07. The van der Waals surface area contributed by atoms with Crippen LogP contribution in [0.3, 0.4) is 0 Å². The third-order valence-corrected chi connectivity index (χ3v) is 4.68. The minimum atomic E-state index is -0.476. The lowest BCUT2D eigenvalue weighted by molar-refractivity contribution is 0.0931. The summed E-state index contributed by atoms with van der Waals surface area (Å²) in [5, 5.41) is 8.13. The van der Waals surface area contributed by atoms with Gasteiger partial charge >= 0.3 is 0 Å². The number of benzene rings is 1. The van der Waals surface area contributed by atoms with Crippen molar-refractivity contribution in [3.8, 4) is 0 Å². The van der Waals surface area contributed by atoms with E-state index >= 15 is 0 Å². The van der Waals surface area contributed by atoms with E-state index in [9.17, 15) is 9.18 Å². The Morgan fingerprint density at radius 2 is 2.00 bits per heavy atom. The molecule has 0 atom stereocenters. The van der Waals surface area contributed by atoms with Gasteiger partial charge in [-0.3, -0.25) is 9.48 Å². The van der Waals surface area contributed by atoms with Crippen molar-refractivity contribution in [2.75, 3.05) is 23.7 Å². The second kappa shape index (κ2) is 5.94. The summed E-state index contributed by atoms with van der Waals surface area (Å²) < 4.78 is 14.6. The first-order valence-corrected chi connectivity index (χ1v) is 8.19. The predicted molar refractivity (Wildman–Crippen MR) is 95.3 cm³/mol. The molecule has 26 heavy (non-hydrogen) atoms. The fraction of sp³-hybridized carbons (Fsp3) is 0.294. The number of hydrogen-bond acceptors (Lipinski definition) is 6. The van der Waals surface area contributed by atoms with Gasteiger partial charge < -0.3 is 16.0 Å². The van der Waals surface area contributed by atoms with Crippen LogP contribution in [0.4, 0.5) is 16.0 Å². The number of hydrogen-bond donors (Lipinski definition) is 2. The van der Waals surface area contributed by atoms with Crippen LogP contribution < -0.4 is 16.0 Å². The van der Waals surface area contributed by atoms with Crippen molar-refractivity contribution in [1.82, 2.24) is 25.1 Å². The van der Waals surface area contributed by atoms with Gasteiger partial charge in [0, 0.05) is 31.2 Å². The van der Waals surface area contributed by atoms with Crippen molar-refractivity contribution in [3.05, 3.63) is 41.6 Å². The molecule has 3 heterocycles. The molecule has 1 aliphatic heterocycles. The molecule has 4 rings (SSSR count). The van der Waals surface area contributed by atoms with E-state index in [2.05, 4.69) is 20.4 Å². The Hall–Kier alpha value is -3.23. The first kappa shape index (κ1) is 16.2. The topological polar surface area (TPSA) is 102 Å². The van der Waals surface area contributed by atoms with Gasteiger partial charge in [-0.2, -0.15) is 5.10 Å². The summed E-state index contributed by atoms with van der Waals surface area (Å²) in [5.41, 5.74) is 8.77. The Kier molecular flexibility index (Phi) is 3.71. The molecule has 1 saturated heterocycles. The molecule has 1 aromatic carbocycles. The number of aromatic nitrogens is 4. The van der Waals surface area contributed by atoms with Crippen LogP contribution in [0.25, 0.3) is 10.9 Å². The first-order chi connectivity index (χ1) is 12.4. The number of nitrogens with zero attached hydrogens (tertiary/aromatic N) is 5. The highest BCUT2D eigenvalue weighted by Crippen LogP contribution is 2.27. The Balaban J connectivity index is 1.46. The van der Waals surface area contributed by atoms with E-state index in [0.29, 0.717) is 30.3 Å². The summed E-state index contributed by atoms with van der Waals surface area (Å²) in [6.45, 7) is 3.04. The molecule has 0 unspecified atom stereocenters. The van der Waals surface area contributed by atoms with Gasteiger partial charge in [0.25, 0.3) is 5.91 Å². The van der Waals surface area contributed by atoms with Crippen molar-refractivity contribution in [3.63, 3.8) is 0 Å². The Morgan fingerprint density at radius 3 is 2.69 bits per heavy atom. The normalized spacial score (nSPS) is 14.5. The zero-order valence-electron chi connectivity index (χ0n) is 14.4. The molecule has 134 valence electrons. The smallest absolute Gasteiger partial charge is 0.253 e. The van der Waals surface area contributed by atoms with Crippen molar-refractivity contribution >= 4 is 28.4 Å². The fourth-order valence-electron chi connectivity index (χ4n) is 3.13. The maximum Gasteiger partial charge on any atom is 0.253 e. The van der Waals surface area contributed by atoms with Crippen molar-refractivity contribution in [2.45, 2.75) is 13.0 Å². The summed E-state index contributed by atoms with van der Waals surface area (Å²) in [7, 11) is 1.84. The largest absolute Gasteiger partial charge is 0.397 e. The fourth-order valence-corrected chi connectivity index (χ4v) is 3.13. The van der Waals surface area contributed by atoms with Crippen LogP contribution in [0.1, 0.15) is 16.1 Å². The van der Waals surface area contributed by atoms with Gasteiger partial charge in [0.05, 0.1) is 35.2 Å². The van der Waals surface area contributed by atoms with Crippen LogP contribution in [0.15, 0.2) is 24.5 Å². The lowest BCUT2D eigenvalue weighted by atomic mass is 10.0. The van der Waals surface area contributed by atoms with Crippen LogP contribution in [0, 0.1) is 12.7 Å². The predicted octanol–water partition coefficient (Wildman–Crippen LogP) is 1.01. The van der Waals surface area contributed by atoms with Crippen LogP contribution in [0.2, 0.25) is 0 Å². The van der Waals surface area contributed by atoms with Gasteiger partial charge in [0.15, 0.2) is 5.82 Å². The van der Waals surface area contributed by atoms with Crippen molar-refractivity contribution in [2.24, 2.45) is 7.05 Å². The Labute approximate surface area is 148 Å². The molecule has 2 aromatic heterocycles. The zero-order valence-corrected chi connectivity index (χ0v) is 14.4. The third kappa shape index (κ3) is 2.61. The van der Waals surface area contributed by atoms with E-state index in [0.717, 1.165) is 29.0 Å². The maximum absolute atomic E-state index is 12.9. The second-order valence-electron chi connectivity index (χ2n) is 6.41. The van der Waals surface area contributed by atoms with Gasteiger partial charge in [-0.1, -0.05) is 0 Å². The lowest BCUT2D eigenvalue weighted by Gasteiger charge is -2.39. The second-order valence-corrected chi connectivity index (χ2v) is 6.41. The highest BCUT2D eigenvalue weighted by Gasteiger charge is 2.30. The molecule has 0 spiro atoms. The number of nitrogen functional groups attached to an aromatic ring is 1. The minimum absolute atomic E-state index is 0.0405. The van der Waals surface area contributed by atoms with Gasteiger partial charge in [0.2, 0.25) is 5.95 Å². The van der Waals surface area contributed by atoms with E-state index in [-0.39, 0.29) is 11.9 Å². The summed E-state index contributed by atoms with van der Waals surface area (Å²) in [6, 6.07) is 3.45. The van der Waals surface area contributed by atoms with E-state index in [1.165, 1.54) is 0 Å². The molecule has 8 nitrogen and oxygen atoms in total. The number of fused-ring (bicyclic) bond motifs is 1. The number of anilines is 2. The van der Waals surface area contributed by atoms with E-state index in [4.69, 9.17) is 5.73 Å². The molecule has 0 aliphatic carbocycles. The quantitative estimate of drug-likeness (QED) is 0.680. The standard InChI is InChI=1S/C17H18FN7O/c1-9-14-13(23-24(9)2)4-3-12(15(14)19)16(26)22-11-7-25(8-11)17-20-5-10(18)6-21-17/h3-6,11H,7-8,19H2,1-2H3,(H,22,26). The number of carbonyl (C=O) groups excluding carboxylic acids is 1. The van der Waals surface area contributed by atoms with Crippen LogP contribution in [0.5, 0.6) is 0 Å². The van der Waals surface area contributed by atoms with Crippen molar-refractivity contribution in [1.29, 1.82) is 0 Å². The van der Waals surface area contributed by atoms with Gasteiger partial charge in [-0.05, 0) is 19.1 Å². The Morgan fingerprint density at radius 1 is 1.31 bits per heavy atom. The van der Waals surface area contributed by atoms with E-state index in [1.54, 1.807) is 16.8 Å². The SMILES string of the molecule is Cc1c2c(N)c(C(=O)NC3CN(c4ncc(F)cn4)C3)ccc2nn1C. The molecule has 0 saturated carbocycles. The highest BCUT2D eigenvalue weighted by atomic mass is 19.1. The number of aryl methyl sites for hydroxylation is 2. The number of nitrogens with two attached hydrogens (primary N) is 1. The average Bonchev–Trinajstić information content (AvgIpc) is 2.87. The lowest BCUT2D eigenvalue weighted by Crippen LogP contribution is -2.60. The molecular weight excluding hydrogens is 337 g/mol. The molecule has 1 aliphatic rings. The molecule has 0 bridgehead atoms. The maximum atomic E-state index is 12.9. The molecule has 1 fully saturated rings. The molecule has 1 amide bonds. The van der Waals surface area contributed by atoms with Crippen LogP contribution in [-0.4, -0.2) is 44.8 Å². The summed E-state index contributed by atoms with van der Waals surface area (Å²) in [5.74, 6) is -0.253.